The van der Waals surface area contributed by atoms with Crippen molar-refractivity contribution >= 4 is 29.6 Å². The third kappa shape index (κ3) is 6.95. The van der Waals surface area contributed by atoms with Gasteiger partial charge in [-0.2, -0.15) is 0 Å². The van der Waals surface area contributed by atoms with E-state index in [-0.39, 0.29) is 20.9 Å². The summed E-state index contributed by atoms with van der Waals surface area (Å²) in [5.41, 5.74) is 6.38. The van der Waals surface area contributed by atoms with Crippen molar-refractivity contribution in [2.75, 3.05) is 0 Å². The average Bonchev–Trinajstić information content (AvgIpc) is 2.89. The van der Waals surface area contributed by atoms with Crippen molar-refractivity contribution < 1.29 is 12.2 Å². The van der Waals surface area contributed by atoms with Crippen LogP contribution in [0.5, 0.6) is 0 Å². The fourth-order valence-electron chi connectivity index (χ4n) is 4.62. The van der Waals surface area contributed by atoms with Gasteiger partial charge in [-0.3, -0.25) is 0 Å². The second-order valence-corrected chi connectivity index (χ2v) is 14.2. The molecule has 0 saturated carbocycles. The Balaban J connectivity index is 1.61. The number of hydrogen-bond acceptors (Lipinski definition) is 3. The fraction of sp³-hybridized carbons (Fsp3) is 0.333. The van der Waals surface area contributed by atoms with Gasteiger partial charge in [0.15, 0.2) is 0 Å². The number of sulfone groups is 1. The first-order valence-electron chi connectivity index (χ1n) is 13.3. The maximum atomic E-state index is 13.7. The van der Waals surface area contributed by atoms with Gasteiger partial charge in [0.2, 0.25) is 0 Å². The minimum absolute atomic E-state index is 0.178. The van der Waals surface area contributed by atoms with Gasteiger partial charge in [0.1, 0.15) is 0 Å². The van der Waals surface area contributed by atoms with Gasteiger partial charge >= 0.3 is 236 Å². The third-order valence-corrected chi connectivity index (χ3v) is 11.2. The summed E-state index contributed by atoms with van der Waals surface area (Å²) in [6, 6.07) is 19.9. The molecule has 3 aromatic carbocycles. The fourth-order valence-corrected chi connectivity index (χ4v) is 8.09. The summed E-state index contributed by atoms with van der Waals surface area (Å²) >= 11 is -0.178. The van der Waals surface area contributed by atoms with Crippen LogP contribution < -0.4 is 4.46 Å². The van der Waals surface area contributed by atoms with Crippen molar-refractivity contribution in [2.45, 2.75) is 81.6 Å². The number of rotatable bonds is 9. The van der Waals surface area contributed by atoms with Gasteiger partial charge in [0.25, 0.3) is 0 Å². The van der Waals surface area contributed by atoms with Crippen molar-refractivity contribution in [2.24, 2.45) is 0 Å². The van der Waals surface area contributed by atoms with E-state index in [2.05, 4.69) is 57.7 Å². The van der Waals surface area contributed by atoms with Crippen molar-refractivity contribution in [3.8, 4) is 0 Å². The number of aryl methyl sites for hydroxylation is 5. The molecule has 3 aromatic rings. The summed E-state index contributed by atoms with van der Waals surface area (Å²) in [5, 5.41) is 0. The van der Waals surface area contributed by atoms with Crippen LogP contribution in [0.4, 0.5) is 0 Å². The molecule has 0 aromatic heterocycles. The summed E-state index contributed by atoms with van der Waals surface area (Å²) in [4.78, 5) is 0.793. The molecule has 0 fully saturated rings. The second kappa shape index (κ2) is 12.2. The Hall–Kier alpha value is -2.43. The van der Waals surface area contributed by atoms with Crippen LogP contribution in [0.1, 0.15) is 61.4 Å². The van der Waals surface area contributed by atoms with Gasteiger partial charge in [0.05, 0.1) is 0 Å². The van der Waals surface area contributed by atoms with Gasteiger partial charge in [-0.25, -0.2) is 0 Å². The molecule has 0 radical (unpaired) electrons. The first kappa shape index (κ1) is 28.6. The van der Waals surface area contributed by atoms with E-state index in [0.29, 0.717) is 16.2 Å². The van der Waals surface area contributed by atoms with Crippen LogP contribution in [0.25, 0.3) is 0 Å². The molecule has 0 N–H and O–H groups in total. The molecule has 0 heterocycles. The molecule has 1 atom stereocenters. The van der Waals surface area contributed by atoms with E-state index in [4.69, 9.17) is 3.82 Å². The monoisotopic (exact) mass is 594 g/mol. The molecule has 3 nitrogen and oxygen atoms in total. The Morgan fingerprint density at radius 3 is 2.24 bits per heavy atom. The van der Waals surface area contributed by atoms with Crippen LogP contribution in [-0.4, -0.2) is 29.3 Å². The van der Waals surface area contributed by atoms with Crippen molar-refractivity contribution in [3.63, 3.8) is 0 Å². The molecule has 200 valence electrons. The summed E-state index contributed by atoms with van der Waals surface area (Å²) in [6.45, 7) is 12.4. The van der Waals surface area contributed by atoms with Gasteiger partial charge < -0.3 is 0 Å². The SMILES string of the molecule is C=C[C@](C)(CCC=C(C)C)O[Se]c1cc2ccc1CCc1ccc(cc1S(=O)(=O)c1ccc(C)cc1)CC2. The molecule has 4 aliphatic rings. The summed E-state index contributed by atoms with van der Waals surface area (Å²) in [7, 11) is -3.61. The Morgan fingerprint density at radius 1 is 0.947 bits per heavy atom. The van der Waals surface area contributed by atoms with Crippen LogP contribution in [0.3, 0.4) is 0 Å². The first-order valence-corrected chi connectivity index (χ1v) is 16.3. The van der Waals surface area contributed by atoms with Gasteiger partial charge in [-0.1, -0.05) is 0 Å². The van der Waals surface area contributed by atoms with Crippen LogP contribution in [0.15, 0.2) is 94.8 Å². The molecular formula is C33H38O3SSe. The summed E-state index contributed by atoms with van der Waals surface area (Å²) < 4.78 is 35.2. The zero-order valence-electron chi connectivity index (χ0n) is 22.9. The van der Waals surface area contributed by atoms with E-state index < -0.39 is 9.84 Å². The van der Waals surface area contributed by atoms with E-state index in [0.717, 1.165) is 48.8 Å². The van der Waals surface area contributed by atoms with Crippen molar-refractivity contribution in [1.29, 1.82) is 0 Å². The van der Waals surface area contributed by atoms with Crippen molar-refractivity contribution in [1.82, 2.24) is 0 Å². The molecule has 0 unspecified atom stereocenters. The quantitative estimate of drug-likeness (QED) is 0.206. The molecule has 5 heteroatoms. The van der Waals surface area contributed by atoms with E-state index in [1.54, 1.807) is 12.1 Å². The molecular weight excluding hydrogens is 555 g/mol. The van der Waals surface area contributed by atoms with Crippen LogP contribution in [0.2, 0.25) is 0 Å². The molecule has 4 bridgehead atoms. The zero-order chi connectivity index (χ0) is 27.3. The normalized spacial score (nSPS) is 14.8. The van der Waals surface area contributed by atoms with Crippen LogP contribution >= 0.6 is 0 Å². The molecule has 38 heavy (non-hydrogen) atoms. The topological polar surface area (TPSA) is 43.4 Å². The van der Waals surface area contributed by atoms with Crippen molar-refractivity contribution in [3.05, 3.63) is 113 Å². The van der Waals surface area contributed by atoms with Gasteiger partial charge in [0, 0.05) is 0 Å². The number of hydrogen-bond donors (Lipinski definition) is 0. The Kier molecular flexibility index (Phi) is 9.15. The third-order valence-electron chi connectivity index (χ3n) is 7.20. The van der Waals surface area contributed by atoms with Crippen LogP contribution in [0, 0.1) is 6.92 Å². The maximum absolute atomic E-state index is 13.7. The average molecular weight is 594 g/mol. The zero-order valence-corrected chi connectivity index (χ0v) is 25.4. The Bertz CT molecular complexity index is 1430. The van der Waals surface area contributed by atoms with E-state index in [1.165, 1.54) is 21.2 Å². The second-order valence-electron chi connectivity index (χ2n) is 10.7. The molecule has 0 amide bonds. The van der Waals surface area contributed by atoms with E-state index in [1.807, 2.05) is 37.3 Å². The van der Waals surface area contributed by atoms with Gasteiger partial charge in [-0.05, 0) is 0 Å². The first-order chi connectivity index (χ1) is 18.1. The summed E-state index contributed by atoms with van der Waals surface area (Å²) in [6.07, 6.45) is 9.09. The van der Waals surface area contributed by atoms with E-state index >= 15 is 0 Å². The number of allylic oxidation sites excluding steroid dienone is 2. The van der Waals surface area contributed by atoms with Gasteiger partial charge in [-0.15, -0.1) is 0 Å². The standard InChI is InChI=1S/C33H38O3SSe/c1-6-33(5,21-7-8-24(2)3)36-38-32-23-27-12-11-26-13-15-28(17-18-29(32)16-14-27)31(22-26)37(34,35)30-19-9-25(4)10-20-30/h6,8-10,13-16,19-20,22-23H,1,7,11-12,17-18,21H2,2-5H3/t33-/m1/s1. The Morgan fingerprint density at radius 2 is 1.58 bits per heavy atom. The predicted molar refractivity (Wildman–Crippen MR) is 158 cm³/mol. The molecule has 0 saturated heterocycles. The van der Waals surface area contributed by atoms with Crippen LogP contribution in [-0.2, 0) is 39.3 Å². The minimum atomic E-state index is -3.61. The van der Waals surface area contributed by atoms with E-state index in [9.17, 15) is 8.42 Å². The molecule has 0 aliphatic heterocycles. The molecule has 7 rings (SSSR count). The Labute approximate surface area is 235 Å². The molecule has 4 aliphatic carbocycles. The summed E-state index contributed by atoms with van der Waals surface area (Å²) in [5.74, 6) is 0. The molecule has 0 spiro atoms. The predicted octanol–water partition coefficient (Wildman–Crippen LogP) is 6.66. The number of benzene rings is 3.